The molecule has 0 bridgehead atoms. The molecule has 0 N–H and O–H groups in total. The van der Waals surface area contributed by atoms with Crippen LogP contribution in [-0.4, -0.2) is 16.9 Å². The van der Waals surface area contributed by atoms with E-state index in [2.05, 4.69) is 47.0 Å². The fourth-order valence-electron chi connectivity index (χ4n) is 2.14. The third-order valence-electron chi connectivity index (χ3n) is 3.20. The molecular formula is C11H27Si2. The molecule has 0 aromatic rings. The lowest BCUT2D eigenvalue weighted by molar-refractivity contribution is 0.721. The van der Waals surface area contributed by atoms with Crippen LogP contribution in [0.5, 0.6) is 0 Å². The number of hydrogen-bond donors (Lipinski definition) is 0. The summed E-state index contributed by atoms with van der Waals surface area (Å²) in [6.45, 7) is 17.3. The molecule has 0 aliphatic rings. The largest absolute Gasteiger partial charge is 0.0709 e. The van der Waals surface area contributed by atoms with Crippen molar-refractivity contribution in [2.45, 2.75) is 70.5 Å². The van der Waals surface area contributed by atoms with Crippen molar-refractivity contribution in [3.63, 3.8) is 0 Å². The van der Waals surface area contributed by atoms with Crippen LogP contribution in [0.1, 0.15) is 27.2 Å². The molecule has 1 radical (unpaired) electrons. The lowest BCUT2D eigenvalue weighted by Gasteiger charge is -2.36. The molecule has 0 spiro atoms. The van der Waals surface area contributed by atoms with Gasteiger partial charge in [0.15, 0.2) is 0 Å². The van der Waals surface area contributed by atoms with E-state index in [9.17, 15) is 0 Å². The Morgan fingerprint density at radius 3 is 1.92 bits per heavy atom. The van der Waals surface area contributed by atoms with Crippen LogP contribution in [0.25, 0.3) is 0 Å². The fraction of sp³-hybridized carbons (Fsp3) is 1.00. The van der Waals surface area contributed by atoms with Crippen LogP contribution in [0.3, 0.4) is 0 Å². The summed E-state index contributed by atoms with van der Waals surface area (Å²) >= 11 is 0. The molecule has 2 heteroatoms. The molecule has 13 heavy (non-hydrogen) atoms. The molecule has 79 valence electrons. The Hall–Kier alpha value is 0.434. The maximum atomic E-state index is 2.56. The van der Waals surface area contributed by atoms with E-state index in [0.717, 1.165) is 0 Å². The second-order valence-electron chi connectivity index (χ2n) is 5.97. The van der Waals surface area contributed by atoms with Crippen LogP contribution in [0.15, 0.2) is 0 Å². The van der Waals surface area contributed by atoms with Crippen molar-refractivity contribution in [3.8, 4) is 0 Å². The maximum absolute atomic E-state index is 2.56. The Bertz CT molecular complexity index is 148. The van der Waals surface area contributed by atoms with Crippen LogP contribution < -0.4 is 0 Å². The minimum Gasteiger partial charge on any atom is -0.0709 e. The Labute approximate surface area is 87.7 Å². The van der Waals surface area contributed by atoms with E-state index in [-0.39, 0.29) is 8.80 Å². The highest BCUT2D eigenvalue weighted by Crippen LogP contribution is 2.39. The molecule has 0 nitrogen and oxygen atoms in total. The summed E-state index contributed by atoms with van der Waals surface area (Å²) < 4.78 is 0. The zero-order valence-corrected chi connectivity index (χ0v) is 12.6. The molecule has 0 aromatic heterocycles. The van der Waals surface area contributed by atoms with Crippen molar-refractivity contribution >= 4 is 16.9 Å². The predicted octanol–water partition coefficient (Wildman–Crippen LogP) is 4.64. The number of hydrogen-bond acceptors (Lipinski definition) is 0. The summed E-state index contributed by atoms with van der Waals surface area (Å²) in [5, 5.41) is 0.648. The van der Waals surface area contributed by atoms with E-state index in [4.69, 9.17) is 0 Å². The van der Waals surface area contributed by atoms with Crippen LogP contribution in [0, 0.1) is 0 Å². The van der Waals surface area contributed by atoms with Gasteiger partial charge in [0.1, 0.15) is 0 Å². The van der Waals surface area contributed by atoms with Gasteiger partial charge in [0, 0.05) is 16.9 Å². The highest BCUT2D eigenvalue weighted by molar-refractivity contribution is 6.79. The van der Waals surface area contributed by atoms with E-state index in [1.807, 2.05) is 0 Å². The molecule has 0 unspecified atom stereocenters. The molecule has 0 aliphatic heterocycles. The first kappa shape index (κ1) is 13.4. The zero-order chi connectivity index (χ0) is 10.7. The lowest BCUT2D eigenvalue weighted by Crippen LogP contribution is -2.34. The quantitative estimate of drug-likeness (QED) is 0.586. The van der Waals surface area contributed by atoms with Gasteiger partial charge in [-0.15, -0.1) is 0 Å². The Morgan fingerprint density at radius 1 is 1.15 bits per heavy atom. The fourth-order valence-corrected chi connectivity index (χ4v) is 8.91. The smallest absolute Gasteiger partial charge is 0.0476 e. The van der Waals surface area contributed by atoms with Gasteiger partial charge in [-0.1, -0.05) is 65.5 Å². The van der Waals surface area contributed by atoms with Crippen LogP contribution >= 0.6 is 0 Å². The predicted molar refractivity (Wildman–Crippen MR) is 68.9 cm³/mol. The first-order valence-electron chi connectivity index (χ1n) is 5.52. The molecule has 0 atom stereocenters. The Balaban J connectivity index is 4.24. The molecule has 0 rings (SSSR count). The Kier molecular flexibility index (Phi) is 4.94. The summed E-state index contributed by atoms with van der Waals surface area (Å²) in [6.07, 6.45) is 1.38. The topological polar surface area (TPSA) is 0 Å². The summed E-state index contributed by atoms with van der Waals surface area (Å²) in [4.78, 5) is 0. The van der Waals surface area contributed by atoms with Gasteiger partial charge in [0.05, 0.1) is 0 Å². The van der Waals surface area contributed by atoms with Crippen molar-refractivity contribution in [1.82, 2.24) is 0 Å². The standard InChI is InChI=1S/C11H27Si2/c1-8-9-13(6,7)10-11(2,3)12(4)5/h8-10H2,1-7H3. The average molecular weight is 216 g/mol. The summed E-state index contributed by atoms with van der Waals surface area (Å²) in [5.74, 6) is 0. The maximum Gasteiger partial charge on any atom is 0.0476 e. The van der Waals surface area contributed by atoms with Gasteiger partial charge in [-0.05, 0) is 5.04 Å². The summed E-state index contributed by atoms with van der Waals surface area (Å²) in [6, 6.07) is 3.03. The summed E-state index contributed by atoms with van der Waals surface area (Å²) in [7, 11) is -1.00. The van der Waals surface area contributed by atoms with Gasteiger partial charge in [0.25, 0.3) is 0 Å². The first-order chi connectivity index (χ1) is 5.71. The Morgan fingerprint density at radius 2 is 1.62 bits per heavy atom. The van der Waals surface area contributed by atoms with Crippen molar-refractivity contribution in [1.29, 1.82) is 0 Å². The molecule has 0 saturated carbocycles. The molecule has 0 heterocycles. The molecule has 0 fully saturated rings. The number of rotatable bonds is 5. The lowest BCUT2D eigenvalue weighted by atomic mass is 10.2. The van der Waals surface area contributed by atoms with Crippen molar-refractivity contribution in [2.75, 3.05) is 0 Å². The van der Waals surface area contributed by atoms with E-state index in [1.54, 1.807) is 0 Å². The second-order valence-corrected chi connectivity index (χ2v) is 14.5. The molecule has 0 aliphatic carbocycles. The third-order valence-corrected chi connectivity index (χ3v) is 10.1. The minimum absolute atomic E-state index is 0.127. The highest BCUT2D eigenvalue weighted by Gasteiger charge is 2.32. The molecule has 0 aromatic carbocycles. The SMILES string of the molecule is CCC[Si](C)(C)CC(C)(C)[Si](C)C. The molecule has 0 saturated heterocycles. The van der Waals surface area contributed by atoms with E-state index < -0.39 is 8.07 Å². The van der Waals surface area contributed by atoms with E-state index >= 15 is 0 Å². The minimum atomic E-state index is -0.876. The van der Waals surface area contributed by atoms with Crippen molar-refractivity contribution in [3.05, 3.63) is 0 Å². The van der Waals surface area contributed by atoms with E-state index in [1.165, 1.54) is 18.5 Å². The summed E-state index contributed by atoms with van der Waals surface area (Å²) in [5.41, 5.74) is 0. The van der Waals surface area contributed by atoms with Gasteiger partial charge in [0.2, 0.25) is 0 Å². The van der Waals surface area contributed by atoms with Gasteiger partial charge in [-0.25, -0.2) is 0 Å². The average Bonchev–Trinajstić information content (AvgIpc) is 1.83. The van der Waals surface area contributed by atoms with Crippen LogP contribution in [-0.2, 0) is 0 Å². The van der Waals surface area contributed by atoms with Gasteiger partial charge in [-0.2, -0.15) is 0 Å². The van der Waals surface area contributed by atoms with Crippen LogP contribution in [0.2, 0.25) is 43.3 Å². The van der Waals surface area contributed by atoms with Gasteiger partial charge in [-0.3, -0.25) is 0 Å². The van der Waals surface area contributed by atoms with Gasteiger partial charge >= 0.3 is 0 Å². The van der Waals surface area contributed by atoms with Gasteiger partial charge < -0.3 is 0 Å². The third kappa shape index (κ3) is 5.01. The second kappa shape index (κ2) is 4.78. The molecule has 0 amide bonds. The monoisotopic (exact) mass is 215 g/mol. The first-order valence-corrected chi connectivity index (χ1v) is 11.4. The van der Waals surface area contributed by atoms with E-state index in [0.29, 0.717) is 5.04 Å². The normalized spacial score (nSPS) is 13.8. The van der Waals surface area contributed by atoms with Crippen molar-refractivity contribution in [2.24, 2.45) is 0 Å². The van der Waals surface area contributed by atoms with Crippen LogP contribution in [0.4, 0.5) is 0 Å². The van der Waals surface area contributed by atoms with Crippen molar-refractivity contribution < 1.29 is 0 Å². The highest BCUT2D eigenvalue weighted by atomic mass is 28.3. The molecular weight excluding hydrogens is 188 g/mol. The zero-order valence-electron chi connectivity index (χ0n) is 10.6.